The molecule has 0 saturated carbocycles. The molecule has 0 unspecified atom stereocenters. The Balaban J connectivity index is 1.45. The fraction of sp³-hybridized carbons (Fsp3) is 0.442. The van der Waals surface area contributed by atoms with Crippen LogP contribution in [0.1, 0.15) is 81.7 Å². The summed E-state index contributed by atoms with van der Waals surface area (Å²) in [6.07, 6.45) is 0.725. The number of aliphatic imine (C=N–C) groups is 1. The fourth-order valence-corrected chi connectivity index (χ4v) is 6.56. The Labute approximate surface area is 360 Å². The van der Waals surface area contributed by atoms with E-state index in [1.807, 2.05) is 53.4 Å². The lowest BCUT2D eigenvalue weighted by Crippen LogP contribution is -2.50. The van der Waals surface area contributed by atoms with Gasteiger partial charge in [-0.2, -0.15) is 4.99 Å². The van der Waals surface area contributed by atoms with Gasteiger partial charge in [-0.15, -0.1) is 0 Å². The molecule has 0 aromatic heterocycles. The molecule has 3 aromatic carbocycles. The number of fused-ring (bicyclic) bond motifs is 1. The number of phenolic OH excluding ortho intramolecular Hbond substituents is 1. The largest absolute Gasteiger partial charge is 0.508 e. The molecule has 2 atom stereocenters. The molecule has 0 radical (unpaired) electrons. The average molecular weight is 865 g/mol. The Morgan fingerprint density at radius 3 is 2.23 bits per heavy atom. The van der Waals surface area contributed by atoms with E-state index in [-0.39, 0.29) is 44.3 Å². The van der Waals surface area contributed by atoms with E-state index in [1.54, 1.807) is 27.7 Å². The lowest BCUT2D eigenvalue weighted by molar-refractivity contribution is -0.132. The number of hydrogen-bond acceptors (Lipinski definition) is 9. The number of nitrogens with two attached hydrogens (primary N) is 1. The monoisotopic (exact) mass is 864 g/mol. The van der Waals surface area contributed by atoms with Crippen molar-refractivity contribution in [3.63, 3.8) is 0 Å². The van der Waals surface area contributed by atoms with Crippen LogP contribution < -0.4 is 43.0 Å². The molecule has 0 fully saturated rings. The van der Waals surface area contributed by atoms with Crippen molar-refractivity contribution in [1.29, 1.82) is 0 Å². The molecule has 17 nitrogen and oxygen atoms in total. The van der Waals surface area contributed by atoms with Gasteiger partial charge in [-0.05, 0) is 62.8 Å². The number of carbonyl (C=O) groups excluding carboxylic acids is 5. The second-order valence-electron chi connectivity index (χ2n) is 15.5. The maximum absolute atomic E-state index is 14.6. The highest BCUT2D eigenvalue weighted by Crippen LogP contribution is 2.35. The molecule has 3 aromatic rings. The molecular weight excluding hydrogens is 807 g/mol. The number of carbonyl (C=O) groups is 5. The summed E-state index contributed by atoms with van der Waals surface area (Å²) in [5, 5.41) is 29.1. The first kappa shape index (κ1) is 48.2. The molecule has 10 N–H and O–H groups in total. The minimum absolute atomic E-state index is 0.0420. The molecule has 1 aliphatic heterocycles. The van der Waals surface area contributed by atoms with Crippen molar-refractivity contribution in [3.8, 4) is 5.75 Å². The fourth-order valence-electron chi connectivity index (χ4n) is 6.56. The highest BCUT2D eigenvalue weighted by Gasteiger charge is 2.35. The number of rotatable bonds is 20. The summed E-state index contributed by atoms with van der Waals surface area (Å²) in [5.74, 6) is -4.29. The van der Waals surface area contributed by atoms with E-state index in [4.69, 9.17) is 10.5 Å². The van der Waals surface area contributed by atoms with E-state index in [9.17, 15) is 37.9 Å². The molecule has 19 heteroatoms. The van der Waals surface area contributed by atoms with Crippen molar-refractivity contribution in [3.05, 3.63) is 94.6 Å². The molecule has 0 aliphatic carbocycles. The summed E-state index contributed by atoms with van der Waals surface area (Å²) in [4.78, 5) is 69.5. The predicted octanol–water partition coefficient (Wildman–Crippen LogP) is 3.78. The van der Waals surface area contributed by atoms with Crippen molar-refractivity contribution in [1.82, 2.24) is 36.8 Å². The molecule has 336 valence electrons. The number of anilines is 1. The second-order valence-corrected chi connectivity index (χ2v) is 15.5. The molecule has 4 rings (SSSR count). The zero-order valence-electron chi connectivity index (χ0n) is 35.5. The van der Waals surface area contributed by atoms with Gasteiger partial charge in [0.1, 0.15) is 35.1 Å². The summed E-state index contributed by atoms with van der Waals surface area (Å²) in [6, 6.07) is 13.6. The minimum Gasteiger partial charge on any atom is -0.508 e. The number of urea groups is 1. The Kier molecular flexibility index (Phi) is 18.2. The van der Waals surface area contributed by atoms with Crippen LogP contribution in [0.15, 0.2) is 65.7 Å². The number of guanidine groups is 1. The lowest BCUT2D eigenvalue weighted by atomic mass is 10.0. The van der Waals surface area contributed by atoms with Gasteiger partial charge in [-0.25, -0.2) is 18.4 Å². The van der Waals surface area contributed by atoms with Crippen molar-refractivity contribution >= 4 is 41.5 Å². The Hall–Kier alpha value is -6.50. The molecule has 1 aliphatic rings. The van der Waals surface area contributed by atoms with Crippen molar-refractivity contribution in [2.45, 2.75) is 90.7 Å². The number of halogens is 2. The highest BCUT2D eigenvalue weighted by molar-refractivity contribution is 5.92. The number of nitrogens with one attached hydrogen (secondary N) is 7. The third-order valence-corrected chi connectivity index (χ3v) is 9.51. The maximum atomic E-state index is 14.6. The number of phenols is 1. The summed E-state index contributed by atoms with van der Waals surface area (Å²) in [7, 11) is 0. The van der Waals surface area contributed by atoms with Crippen LogP contribution in [0.25, 0.3) is 0 Å². The zero-order valence-corrected chi connectivity index (χ0v) is 35.5. The van der Waals surface area contributed by atoms with Gasteiger partial charge < -0.3 is 52.8 Å². The number of hydrogen-bond donors (Lipinski definition) is 9. The van der Waals surface area contributed by atoms with Gasteiger partial charge in [0.15, 0.2) is 5.96 Å². The molecule has 1 heterocycles. The van der Waals surface area contributed by atoms with Gasteiger partial charge in [0, 0.05) is 82.2 Å². The SMILES string of the molecule is CCC(=O)NCCNC(=O)/N=C(/N)NCCC[C@@H](NC(=O)[C@H](c1ccccc1)N1Cc2cccc(NCCCNC(=O)OC(C)(C)C)c2C1)C(=O)NCc1c(F)cc(O)cc1F. The minimum atomic E-state index is -1.19. The third-order valence-electron chi connectivity index (χ3n) is 9.51. The van der Waals surface area contributed by atoms with Crippen molar-refractivity contribution in [2.75, 3.05) is 38.0 Å². The van der Waals surface area contributed by atoms with Crippen molar-refractivity contribution in [2.24, 2.45) is 10.7 Å². The molecular formula is C43H58F2N10O7. The third kappa shape index (κ3) is 15.5. The predicted molar refractivity (Wildman–Crippen MR) is 230 cm³/mol. The summed E-state index contributed by atoms with van der Waals surface area (Å²) < 4.78 is 34.5. The summed E-state index contributed by atoms with van der Waals surface area (Å²) in [5.41, 5.74) is 8.37. The second kappa shape index (κ2) is 23.5. The van der Waals surface area contributed by atoms with Gasteiger partial charge in [0.05, 0.1) is 0 Å². The Bertz CT molecular complexity index is 2030. The van der Waals surface area contributed by atoms with E-state index in [2.05, 4.69) is 42.2 Å². The molecule has 0 bridgehead atoms. The Morgan fingerprint density at radius 1 is 0.839 bits per heavy atom. The van der Waals surface area contributed by atoms with E-state index in [0.29, 0.717) is 44.6 Å². The van der Waals surface area contributed by atoms with Gasteiger partial charge >= 0.3 is 12.1 Å². The molecule has 0 saturated heterocycles. The van der Waals surface area contributed by atoms with Crippen LogP contribution in [-0.4, -0.2) is 90.2 Å². The van der Waals surface area contributed by atoms with E-state index < -0.39 is 71.1 Å². The average Bonchev–Trinajstić information content (AvgIpc) is 3.64. The van der Waals surface area contributed by atoms with E-state index in [1.165, 1.54) is 0 Å². The van der Waals surface area contributed by atoms with Gasteiger partial charge in [0.2, 0.25) is 17.7 Å². The first-order chi connectivity index (χ1) is 29.5. The number of amides is 6. The van der Waals surface area contributed by atoms with Gasteiger partial charge in [-0.1, -0.05) is 49.4 Å². The van der Waals surface area contributed by atoms with E-state index in [0.717, 1.165) is 28.9 Å². The highest BCUT2D eigenvalue weighted by atomic mass is 19.1. The standard InChI is InChI=1S/C43H58F2N10O7/c1-5-36(57)48-20-21-50-41(60)54-40(46)49-17-10-16-35(38(58)52-24-30-32(44)22-29(56)23-33(30)45)53-39(59)37(27-12-7-6-8-13-27)55-25-28-14-9-15-34(31(28)26-55)47-18-11-19-51-42(61)62-43(2,3)4/h6-9,12-15,22-23,35,37,47,56H,5,10-11,16-21,24-26H2,1-4H3,(H,48,57)(H,51,61)(H,52,58)(H,53,59)(H4,46,49,50,54,60)/t35-,37+/m1/s1. The van der Waals surface area contributed by atoms with Crippen LogP contribution >= 0.6 is 0 Å². The molecule has 62 heavy (non-hydrogen) atoms. The number of alkyl carbamates (subject to hydrolysis) is 1. The summed E-state index contributed by atoms with van der Waals surface area (Å²) >= 11 is 0. The first-order valence-electron chi connectivity index (χ1n) is 20.5. The van der Waals surface area contributed by atoms with Crippen LogP contribution in [0, 0.1) is 11.6 Å². The number of nitrogens with zero attached hydrogens (tertiary/aromatic N) is 2. The van der Waals surface area contributed by atoms with Crippen LogP contribution in [0.3, 0.4) is 0 Å². The number of benzene rings is 3. The smallest absolute Gasteiger partial charge is 0.407 e. The lowest BCUT2D eigenvalue weighted by Gasteiger charge is -2.29. The quantitative estimate of drug-likeness (QED) is 0.0450. The molecule has 0 spiro atoms. The summed E-state index contributed by atoms with van der Waals surface area (Å²) in [6.45, 7) is 8.79. The van der Waals surface area contributed by atoms with Crippen LogP contribution in [0.5, 0.6) is 5.75 Å². The topological polar surface area (TPSA) is 241 Å². The zero-order chi connectivity index (χ0) is 45.2. The maximum Gasteiger partial charge on any atom is 0.407 e. The Morgan fingerprint density at radius 2 is 1.53 bits per heavy atom. The normalized spacial score (nSPS) is 13.5. The van der Waals surface area contributed by atoms with Gasteiger partial charge in [-0.3, -0.25) is 19.3 Å². The van der Waals surface area contributed by atoms with Crippen molar-refractivity contribution < 1.29 is 42.6 Å². The van der Waals surface area contributed by atoms with E-state index >= 15 is 0 Å². The first-order valence-corrected chi connectivity index (χ1v) is 20.5. The van der Waals surface area contributed by atoms with Crippen LogP contribution in [0.4, 0.5) is 24.1 Å². The van der Waals surface area contributed by atoms with Crippen LogP contribution in [-0.2, 0) is 38.8 Å². The number of aromatic hydroxyl groups is 1. The number of ether oxygens (including phenoxy) is 1. The molecule has 6 amide bonds. The van der Waals surface area contributed by atoms with Crippen LogP contribution in [0.2, 0.25) is 0 Å². The van der Waals surface area contributed by atoms with Gasteiger partial charge in [0.25, 0.3) is 0 Å².